The maximum absolute atomic E-state index is 11.9. The molecule has 90 valence electrons. The molecule has 0 fully saturated rings. The van der Waals surface area contributed by atoms with Crippen molar-refractivity contribution in [3.8, 4) is 6.07 Å². The summed E-state index contributed by atoms with van der Waals surface area (Å²) >= 11 is 0. The van der Waals surface area contributed by atoms with Crippen molar-refractivity contribution in [2.24, 2.45) is 0 Å². The van der Waals surface area contributed by atoms with Crippen LogP contribution >= 0.6 is 0 Å². The standard InChI is InChI=1S/C13H11N3O2/c1-8-9(2)18-13(11(8)6-14)16-12(17)10-4-3-5-15-7-10/h3-5,7H,1-2H3,(H,16,17). The van der Waals surface area contributed by atoms with E-state index in [0.29, 0.717) is 16.9 Å². The number of nitrogens with one attached hydrogen (secondary N) is 1. The number of carbonyl (C=O) groups excluding carboxylic acids is 1. The van der Waals surface area contributed by atoms with Crippen LogP contribution in [-0.4, -0.2) is 10.9 Å². The minimum absolute atomic E-state index is 0.182. The van der Waals surface area contributed by atoms with Crippen molar-refractivity contribution in [3.05, 3.63) is 47.0 Å². The van der Waals surface area contributed by atoms with Gasteiger partial charge in [-0.05, 0) is 26.0 Å². The van der Waals surface area contributed by atoms with Crippen LogP contribution in [-0.2, 0) is 0 Å². The van der Waals surface area contributed by atoms with E-state index >= 15 is 0 Å². The number of nitrogens with zero attached hydrogens (tertiary/aromatic N) is 2. The highest BCUT2D eigenvalue weighted by Gasteiger charge is 2.17. The van der Waals surface area contributed by atoms with Gasteiger partial charge in [-0.2, -0.15) is 5.26 Å². The molecule has 0 radical (unpaired) electrons. The first kappa shape index (κ1) is 11.9. The Morgan fingerprint density at radius 3 is 2.89 bits per heavy atom. The number of carbonyl (C=O) groups is 1. The monoisotopic (exact) mass is 241 g/mol. The average molecular weight is 241 g/mol. The lowest BCUT2D eigenvalue weighted by Gasteiger charge is -2.01. The Balaban J connectivity index is 2.28. The number of pyridine rings is 1. The molecule has 0 unspecified atom stereocenters. The summed E-state index contributed by atoms with van der Waals surface area (Å²) in [4.78, 5) is 15.7. The van der Waals surface area contributed by atoms with Gasteiger partial charge in [-0.3, -0.25) is 15.1 Å². The lowest BCUT2D eigenvalue weighted by molar-refractivity contribution is 0.102. The van der Waals surface area contributed by atoms with Crippen LogP contribution in [0.25, 0.3) is 0 Å². The number of aromatic nitrogens is 1. The summed E-state index contributed by atoms with van der Waals surface area (Å²) in [5, 5.41) is 11.6. The summed E-state index contributed by atoms with van der Waals surface area (Å²) < 4.78 is 5.35. The first-order valence-corrected chi connectivity index (χ1v) is 5.35. The van der Waals surface area contributed by atoms with E-state index in [-0.39, 0.29) is 11.8 Å². The van der Waals surface area contributed by atoms with Crippen LogP contribution in [0.15, 0.2) is 28.9 Å². The number of aryl methyl sites for hydroxylation is 1. The summed E-state index contributed by atoms with van der Waals surface area (Å²) in [6.45, 7) is 3.52. The van der Waals surface area contributed by atoms with Gasteiger partial charge in [0.2, 0.25) is 5.88 Å². The third-order valence-corrected chi connectivity index (χ3v) is 2.65. The highest BCUT2D eigenvalue weighted by Crippen LogP contribution is 2.25. The Labute approximate surface area is 104 Å². The summed E-state index contributed by atoms with van der Waals surface area (Å²) in [6.07, 6.45) is 3.03. The van der Waals surface area contributed by atoms with Crippen molar-refractivity contribution >= 4 is 11.8 Å². The maximum atomic E-state index is 11.9. The van der Waals surface area contributed by atoms with Crippen LogP contribution in [0.4, 0.5) is 5.88 Å². The average Bonchev–Trinajstić information content (AvgIpc) is 2.65. The lowest BCUT2D eigenvalue weighted by atomic mass is 10.2. The van der Waals surface area contributed by atoms with E-state index in [0.717, 1.165) is 5.56 Å². The molecule has 0 bridgehead atoms. The molecule has 0 aliphatic carbocycles. The molecule has 0 saturated heterocycles. The molecule has 0 atom stereocenters. The van der Waals surface area contributed by atoms with Gasteiger partial charge in [0.15, 0.2) is 0 Å². The normalized spacial score (nSPS) is 9.83. The quantitative estimate of drug-likeness (QED) is 0.875. The fourth-order valence-corrected chi connectivity index (χ4v) is 1.52. The van der Waals surface area contributed by atoms with Gasteiger partial charge in [-0.15, -0.1) is 0 Å². The second-order valence-electron chi connectivity index (χ2n) is 3.80. The summed E-state index contributed by atoms with van der Waals surface area (Å²) in [6, 6.07) is 5.32. The summed E-state index contributed by atoms with van der Waals surface area (Å²) in [5.41, 5.74) is 1.50. The predicted octanol–water partition coefficient (Wildman–Crippen LogP) is 2.42. The molecule has 2 aromatic rings. The predicted molar refractivity (Wildman–Crippen MR) is 65.1 cm³/mol. The van der Waals surface area contributed by atoms with Gasteiger partial charge < -0.3 is 4.42 Å². The van der Waals surface area contributed by atoms with Gasteiger partial charge in [0.05, 0.1) is 5.56 Å². The summed E-state index contributed by atoms with van der Waals surface area (Å²) in [7, 11) is 0. The molecular weight excluding hydrogens is 230 g/mol. The molecule has 1 amide bonds. The van der Waals surface area contributed by atoms with Gasteiger partial charge in [0.25, 0.3) is 5.91 Å². The molecule has 0 aliphatic heterocycles. The largest absolute Gasteiger partial charge is 0.444 e. The zero-order chi connectivity index (χ0) is 13.1. The van der Waals surface area contributed by atoms with E-state index in [1.54, 1.807) is 32.2 Å². The summed E-state index contributed by atoms with van der Waals surface area (Å²) in [5.74, 6) is 0.447. The number of nitriles is 1. The molecule has 0 saturated carbocycles. The topological polar surface area (TPSA) is 78.9 Å². The number of rotatable bonds is 2. The second-order valence-corrected chi connectivity index (χ2v) is 3.80. The van der Waals surface area contributed by atoms with E-state index in [1.807, 2.05) is 6.07 Å². The van der Waals surface area contributed by atoms with Gasteiger partial charge in [-0.1, -0.05) is 0 Å². The fraction of sp³-hybridized carbons (Fsp3) is 0.154. The minimum atomic E-state index is -0.353. The molecule has 2 aromatic heterocycles. The molecule has 2 rings (SSSR count). The van der Waals surface area contributed by atoms with Gasteiger partial charge in [-0.25, -0.2) is 0 Å². The zero-order valence-corrected chi connectivity index (χ0v) is 10.0. The number of hydrogen-bond acceptors (Lipinski definition) is 4. The van der Waals surface area contributed by atoms with Crippen LogP contribution < -0.4 is 5.32 Å². The van der Waals surface area contributed by atoms with Gasteiger partial charge in [0.1, 0.15) is 17.4 Å². The highest BCUT2D eigenvalue weighted by molar-refractivity contribution is 6.03. The van der Waals surface area contributed by atoms with E-state index in [9.17, 15) is 4.79 Å². The SMILES string of the molecule is Cc1oc(NC(=O)c2cccnc2)c(C#N)c1C. The first-order chi connectivity index (χ1) is 8.63. The molecule has 0 aromatic carbocycles. The Bertz CT molecular complexity index is 624. The number of amides is 1. The van der Waals surface area contributed by atoms with Crippen molar-refractivity contribution in [2.75, 3.05) is 5.32 Å². The van der Waals surface area contributed by atoms with Crippen molar-refractivity contribution in [2.45, 2.75) is 13.8 Å². The highest BCUT2D eigenvalue weighted by atomic mass is 16.4. The number of hydrogen-bond donors (Lipinski definition) is 1. The maximum Gasteiger partial charge on any atom is 0.259 e. The second kappa shape index (κ2) is 4.72. The van der Waals surface area contributed by atoms with Crippen LogP contribution in [0.1, 0.15) is 27.2 Å². The Morgan fingerprint density at radius 2 is 2.28 bits per heavy atom. The van der Waals surface area contributed by atoms with Crippen LogP contribution in [0, 0.1) is 25.2 Å². The van der Waals surface area contributed by atoms with Gasteiger partial charge >= 0.3 is 0 Å². The van der Waals surface area contributed by atoms with E-state index in [2.05, 4.69) is 10.3 Å². The lowest BCUT2D eigenvalue weighted by Crippen LogP contribution is -2.12. The van der Waals surface area contributed by atoms with Crippen LogP contribution in [0.2, 0.25) is 0 Å². The first-order valence-electron chi connectivity index (χ1n) is 5.35. The van der Waals surface area contributed by atoms with Gasteiger partial charge in [0, 0.05) is 18.0 Å². The number of anilines is 1. The number of furan rings is 1. The molecule has 18 heavy (non-hydrogen) atoms. The molecule has 0 aliphatic rings. The molecule has 5 nitrogen and oxygen atoms in total. The van der Waals surface area contributed by atoms with Crippen molar-refractivity contribution in [1.82, 2.24) is 4.98 Å². The van der Waals surface area contributed by atoms with Crippen molar-refractivity contribution in [3.63, 3.8) is 0 Å². The zero-order valence-electron chi connectivity index (χ0n) is 10.0. The Hall–Kier alpha value is -2.61. The minimum Gasteiger partial charge on any atom is -0.444 e. The Kier molecular flexibility index (Phi) is 3.11. The third kappa shape index (κ3) is 2.09. The van der Waals surface area contributed by atoms with E-state index in [1.165, 1.54) is 6.20 Å². The molecule has 5 heteroatoms. The molecule has 2 heterocycles. The van der Waals surface area contributed by atoms with E-state index in [4.69, 9.17) is 9.68 Å². The van der Waals surface area contributed by atoms with Crippen LogP contribution in [0.3, 0.4) is 0 Å². The smallest absolute Gasteiger partial charge is 0.259 e. The van der Waals surface area contributed by atoms with E-state index < -0.39 is 0 Å². The molecular formula is C13H11N3O2. The van der Waals surface area contributed by atoms with Crippen LogP contribution in [0.5, 0.6) is 0 Å². The van der Waals surface area contributed by atoms with Crippen molar-refractivity contribution in [1.29, 1.82) is 5.26 Å². The third-order valence-electron chi connectivity index (χ3n) is 2.65. The van der Waals surface area contributed by atoms with Crippen molar-refractivity contribution < 1.29 is 9.21 Å². The molecule has 1 N–H and O–H groups in total. The fourth-order valence-electron chi connectivity index (χ4n) is 1.52. The Morgan fingerprint density at radius 1 is 1.50 bits per heavy atom. The molecule has 0 spiro atoms.